The molecule has 0 spiro atoms. The normalized spacial score (nSPS) is 11.3. The highest BCUT2D eigenvalue weighted by atomic mass is 79.9. The third-order valence-corrected chi connectivity index (χ3v) is 5.59. The van der Waals surface area contributed by atoms with E-state index >= 15 is 0 Å². The molecule has 0 saturated carbocycles. The lowest BCUT2D eigenvalue weighted by molar-refractivity contribution is 0.0967. The molecule has 2 aromatic heterocycles. The summed E-state index contributed by atoms with van der Waals surface area (Å²) in [6, 6.07) is 24.1. The Hall–Kier alpha value is -3.25. The lowest BCUT2D eigenvalue weighted by Gasteiger charge is -2.04. The molecule has 3 aromatic carbocycles. The van der Waals surface area contributed by atoms with Crippen LogP contribution in [0.25, 0.3) is 21.8 Å². The Labute approximate surface area is 175 Å². The molecule has 0 bridgehead atoms. The molecule has 5 nitrogen and oxygen atoms in total. The lowest BCUT2D eigenvalue weighted by atomic mass is 10.1. The van der Waals surface area contributed by atoms with E-state index in [2.05, 4.69) is 67.2 Å². The summed E-state index contributed by atoms with van der Waals surface area (Å²) in [5.41, 5.74) is 3.80. The molecule has 0 aliphatic heterocycles. The van der Waals surface area contributed by atoms with Crippen molar-refractivity contribution < 1.29 is 4.79 Å². The Morgan fingerprint density at radius 1 is 0.862 bits per heavy atom. The van der Waals surface area contributed by atoms with Crippen molar-refractivity contribution in [2.45, 2.75) is 13.1 Å². The molecule has 29 heavy (non-hydrogen) atoms. The van der Waals surface area contributed by atoms with E-state index in [1.165, 1.54) is 10.8 Å². The van der Waals surface area contributed by atoms with Gasteiger partial charge in [-0.25, -0.2) is 4.68 Å². The summed E-state index contributed by atoms with van der Waals surface area (Å²) >= 11 is 3.39. The van der Waals surface area contributed by atoms with Crippen LogP contribution in [0.4, 0.5) is 0 Å². The third kappa shape index (κ3) is 3.36. The first-order valence-corrected chi connectivity index (χ1v) is 10.1. The van der Waals surface area contributed by atoms with Crippen LogP contribution in [-0.2, 0) is 13.1 Å². The molecule has 0 unspecified atom stereocenters. The van der Waals surface area contributed by atoms with Crippen LogP contribution < -0.4 is 0 Å². The van der Waals surface area contributed by atoms with Gasteiger partial charge < -0.3 is 4.57 Å². The fourth-order valence-corrected chi connectivity index (χ4v) is 3.96. The van der Waals surface area contributed by atoms with Crippen LogP contribution in [0.3, 0.4) is 0 Å². The van der Waals surface area contributed by atoms with Crippen LogP contribution in [0.15, 0.2) is 83.5 Å². The summed E-state index contributed by atoms with van der Waals surface area (Å²) in [5.74, 6) is 0.00538. The molecular weight excluding hydrogens is 428 g/mol. The maximum absolute atomic E-state index is 12.5. The van der Waals surface area contributed by atoms with Gasteiger partial charge in [0.25, 0.3) is 0 Å². The molecule has 0 atom stereocenters. The van der Waals surface area contributed by atoms with E-state index in [0.717, 1.165) is 21.2 Å². The number of hydrogen-bond acceptors (Lipinski definition) is 3. The average Bonchev–Trinajstić information content (AvgIpc) is 3.32. The van der Waals surface area contributed by atoms with Gasteiger partial charge in [0.2, 0.25) is 0 Å². The molecule has 5 aromatic rings. The van der Waals surface area contributed by atoms with E-state index in [0.29, 0.717) is 12.1 Å². The van der Waals surface area contributed by atoms with Crippen molar-refractivity contribution in [3.8, 4) is 0 Å². The lowest BCUT2D eigenvalue weighted by Crippen LogP contribution is -2.11. The maximum atomic E-state index is 12.5. The second-order valence-corrected chi connectivity index (χ2v) is 7.87. The van der Waals surface area contributed by atoms with E-state index in [1.54, 1.807) is 4.68 Å². The number of aromatic nitrogens is 4. The van der Waals surface area contributed by atoms with Gasteiger partial charge in [0.15, 0.2) is 5.78 Å². The zero-order valence-corrected chi connectivity index (χ0v) is 17.1. The van der Waals surface area contributed by atoms with Gasteiger partial charge in [0.1, 0.15) is 12.2 Å². The maximum Gasteiger partial charge on any atom is 0.184 e. The third-order valence-electron chi connectivity index (χ3n) is 5.06. The van der Waals surface area contributed by atoms with Gasteiger partial charge in [0, 0.05) is 31.8 Å². The Morgan fingerprint density at radius 2 is 1.48 bits per heavy atom. The summed E-state index contributed by atoms with van der Waals surface area (Å²) in [5, 5.41) is 10.9. The van der Waals surface area contributed by atoms with Crippen molar-refractivity contribution >= 4 is 43.5 Å². The van der Waals surface area contributed by atoms with Gasteiger partial charge in [-0.05, 0) is 24.3 Å². The molecular formula is C23H17BrN4O. The topological polar surface area (TPSA) is 52.7 Å². The Bertz CT molecular complexity index is 1280. The van der Waals surface area contributed by atoms with Crippen LogP contribution in [0.2, 0.25) is 0 Å². The van der Waals surface area contributed by atoms with Gasteiger partial charge in [-0.3, -0.25) is 4.79 Å². The highest BCUT2D eigenvalue weighted by molar-refractivity contribution is 9.10. The number of para-hydroxylation sites is 2. The van der Waals surface area contributed by atoms with Crippen molar-refractivity contribution in [2.75, 3.05) is 0 Å². The van der Waals surface area contributed by atoms with Crippen LogP contribution in [0.1, 0.15) is 16.1 Å². The van der Waals surface area contributed by atoms with E-state index in [9.17, 15) is 4.79 Å². The number of carbonyl (C=O) groups is 1. The summed E-state index contributed by atoms with van der Waals surface area (Å²) in [4.78, 5) is 12.5. The van der Waals surface area contributed by atoms with Crippen LogP contribution in [-0.4, -0.2) is 25.3 Å². The predicted octanol–water partition coefficient (Wildman–Crippen LogP) is 5.08. The van der Waals surface area contributed by atoms with Crippen molar-refractivity contribution in [1.29, 1.82) is 0 Å². The quantitative estimate of drug-likeness (QED) is 0.355. The fourth-order valence-electron chi connectivity index (χ4n) is 3.70. The number of halogens is 1. The van der Waals surface area contributed by atoms with Crippen molar-refractivity contribution in [2.24, 2.45) is 0 Å². The Morgan fingerprint density at radius 3 is 2.14 bits per heavy atom. The molecule has 2 heterocycles. The van der Waals surface area contributed by atoms with E-state index in [4.69, 9.17) is 0 Å². The van der Waals surface area contributed by atoms with Crippen LogP contribution >= 0.6 is 15.9 Å². The van der Waals surface area contributed by atoms with Gasteiger partial charge in [-0.15, -0.1) is 5.10 Å². The average molecular weight is 445 g/mol. The molecule has 0 amide bonds. The largest absolute Gasteiger partial charge is 0.334 e. The molecule has 6 heteroatoms. The standard InChI is InChI=1S/C23H17BrN4O/c24-17-11-9-16(10-12-17)23(29)15-27-13-18(25-26-27)14-28-21-7-3-1-5-19(21)20-6-2-4-8-22(20)28/h1-13H,14-15H2. The van der Waals surface area contributed by atoms with Crippen molar-refractivity contribution in [3.05, 3.63) is 94.7 Å². The zero-order chi connectivity index (χ0) is 19.8. The van der Waals surface area contributed by atoms with Gasteiger partial charge in [-0.2, -0.15) is 0 Å². The minimum Gasteiger partial charge on any atom is -0.334 e. The molecule has 0 aliphatic rings. The summed E-state index contributed by atoms with van der Waals surface area (Å²) in [7, 11) is 0. The number of ketones is 1. The minimum absolute atomic E-state index is 0.00538. The monoisotopic (exact) mass is 444 g/mol. The highest BCUT2D eigenvalue weighted by Gasteiger charge is 2.13. The summed E-state index contributed by atoms with van der Waals surface area (Å²) in [6.07, 6.45) is 1.85. The smallest absolute Gasteiger partial charge is 0.184 e. The zero-order valence-electron chi connectivity index (χ0n) is 15.5. The second-order valence-electron chi connectivity index (χ2n) is 6.96. The number of benzene rings is 3. The molecule has 0 fully saturated rings. The number of Topliss-reactive ketones (excluding diaryl/α,β-unsaturated/α-hetero) is 1. The van der Waals surface area contributed by atoms with E-state index in [1.807, 2.05) is 42.6 Å². The minimum atomic E-state index is 0.00538. The van der Waals surface area contributed by atoms with E-state index in [-0.39, 0.29) is 12.3 Å². The number of rotatable bonds is 5. The van der Waals surface area contributed by atoms with Crippen LogP contribution in [0, 0.1) is 0 Å². The Balaban J connectivity index is 1.43. The molecule has 0 N–H and O–H groups in total. The highest BCUT2D eigenvalue weighted by Crippen LogP contribution is 2.29. The fraction of sp³-hybridized carbons (Fsp3) is 0.0870. The number of hydrogen-bond donors (Lipinski definition) is 0. The number of fused-ring (bicyclic) bond motifs is 3. The predicted molar refractivity (Wildman–Crippen MR) is 117 cm³/mol. The summed E-state index contributed by atoms with van der Waals surface area (Å²) < 4.78 is 4.80. The molecule has 0 radical (unpaired) electrons. The van der Waals surface area contributed by atoms with Crippen LogP contribution in [0.5, 0.6) is 0 Å². The Kier molecular flexibility index (Phi) is 4.48. The second kappa shape index (κ2) is 7.29. The first-order valence-electron chi connectivity index (χ1n) is 9.33. The molecule has 142 valence electrons. The summed E-state index contributed by atoms with van der Waals surface area (Å²) in [6.45, 7) is 0.766. The van der Waals surface area contributed by atoms with Crippen molar-refractivity contribution in [1.82, 2.24) is 19.6 Å². The first-order chi connectivity index (χ1) is 14.2. The van der Waals surface area contributed by atoms with Gasteiger partial charge in [0.05, 0.1) is 12.7 Å². The molecule has 0 saturated heterocycles. The molecule has 0 aliphatic carbocycles. The van der Waals surface area contributed by atoms with E-state index < -0.39 is 0 Å². The van der Waals surface area contributed by atoms with Gasteiger partial charge >= 0.3 is 0 Å². The first kappa shape index (κ1) is 17.8. The van der Waals surface area contributed by atoms with Crippen molar-refractivity contribution in [3.63, 3.8) is 0 Å². The van der Waals surface area contributed by atoms with Gasteiger partial charge in [-0.1, -0.05) is 69.7 Å². The molecule has 5 rings (SSSR count). The number of carbonyl (C=O) groups excluding carboxylic acids is 1. The SMILES string of the molecule is O=C(Cn1cc(Cn2c3ccccc3c3ccccc32)nn1)c1ccc(Br)cc1. The number of nitrogens with zero attached hydrogens (tertiary/aromatic N) is 4.